The average molecular weight is 593 g/mol. The number of para-hydroxylation sites is 1. The molecule has 0 unspecified atom stereocenters. The molecule has 2 atom stereocenters. The van der Waals surface area contributed by atoms with Gasteiger partial charge in [0.2, 0.25) is 17.7 Å². The van der Waals surface area contributed by atoms with Crippen molar-refractivity contribution in [1.29, 1.82) is 0 Å². The maximum absolute atomic E-state index is 13.3. The molecule has 2 heterocycles. The molecular weight excluding hydrogens is 556 g/mol. The largest absolute Gasteiger partial charge is 0.497 e. The van der Waals surface area contributed by atoms with Crippen molar-refractivity contribution in [3.05, 3.63) is 72.3 Å². The van der Waals surface area contributed by atoms with Crippen molar-refractivity contribution in [1.82, 2.24) is 30.8 Å². The van der Waals surface area contributed by atoms with Crippen LogP contribution in [0.2, 0.25) is 0 Å². The molecule has 0 aliphatic carbocycles. The van der Waals surface area contributed by atoms with Gasteiger partial charge in [-0.1, -0.05) is 12.1 Å². The standard InChI is InChI=1S/C30H36N6O7/c1-36-13-15-43-26-7-4-3-6-23(26)28(38)35-24(17-27(37)34-25(30(36)40)16-20-18-31-19-33-20)29(39)32-12-5-14-42-22-10-8-21(41-2)9-11-22/h3-4,6-11,18-19,24-25H,5,12-17H2,1-2H3,(H,31,33)(H,32,39)(H,34,37)(H,35,38)/t24-,25-/m0/s1. The monoisotopic (exact) mass is 592 g/mol. The second kappa shape index (κ2) is 15.2. The number of imidazole rings is 1. The Kier molecular flexibility index (Phi) is 10.9. The number of methoxy groups -OCH3 is 1. The average Bonchev–Trinajstić information content (AvgIpc) is 3.53. The minimum atomic E-state index is -1.22. The molecule has 13 heteroatoms. The van der Waals surface area contributed by atoms with E-state index in [2.05, 4.69) is 25.9 Å². The summed E-state index contributed by atoms with van der Waals surface area (Å²) in [7, 11) is 3.19. The SMILES string of the molecule is COc1ccc(OCCCNC(=O)[C@@H]2CC(=O)N[C@@H](Cc3cnc[nH]3)C(=O)N(C)CCOc3ccccc3C(=O)N2)cc1. The van der Waals surface area contributed by atoms with Gasteiger partial charge in [-0.3, -0.25) is 19.2 Å². The normalized spacial score (nSPS) is 17.9. The highest BCUT2D eigenvalue weighted by atomic mass is 16.5. The number of ether oxygens (including phenoxy) is 3. The van der Waals surface area contributed by atoms with Crippen molar-refractivity contribution < 1.29 is 33.4 Å². The third kappa shape index (κ3) is 8.96. The number of hydrogen-bond acceptors (Lipinski definition) is 8. The van der Waals surface area contributed by atoms with Crippen LogP contribution >= 0.6 is 0 Å². The van der Waals surface area contributed by atoms with Crippen LogP contribution in [0.25, 0.3) is 0 Å². The second-order valence-corrected chi connectivity index (χ2v) is 9.90. The van der Waals surface area contributed by atoms with Crippen LogP contribution in [0.15, 0.2) is 61.1 Å². The summed E-state index contributed by atoms with van der Waals surface area (Å²) in [6.07, 6.45) is 3.31. The van der Waals surface area contributed by atoms with Gasteiger partial charge in [-0.05, 0) is 42.8 Å². The van der Waals surface area contributed by atoms with Gasteiger partial charge in [0.25, 0.3) is 5.91 Å². The molecule has 13 nitrogen and oxygen atoms in total. The van der Waals surface area contributed by atoms with Crippen LogP contribution in [0.4, 0.5) is 0 Å². The quantitative estimate of drug-likeness (QED) is 0.268. The summed E-state index contributed by atoms with van der Waals surface area (Å²) in [5.41, 5.74) is 0.856. The molecule has 0 radical (unpaired) electrons. The molecule has 0 spiro atoms. The third-order valence-electron chi connectivity index (χ3n) is 6.76. The highest BCUT2D eigenvalue weighted by Gasteiger charge is 2.30. The first-order valence-electron chi connectivity index (χ1n) is 13.9. The predicted octanol–water partition coefficient (Wildman–Crippen LogP) is 1.07. The Morgan fingerprint density at radius 1 is 1.09 bits per heavy atom. The number of likely N-dealkylation sites (N-methyl/N-ethyl adjacent to an activating group) is 1. The van der Waals surface area contributed by atoms with E-state index in [9.17, 15) is 19.2 Å². The maximum atomic E-state index is 13.3. The van der Waals surface area contributed by atoms with Crippen LogP contribution in [-0.4, -0.2) is 91.0 Å². The summed E-state index contributed by atoms with van der Waals surface area (Å²) in [4.78, 5) is 61.3. The number of aromatic amines is 1. The lowest BCUT2D eigenvalue weighted by atomic mass is 10.1. The van der Waals surface area contributed by atoms with Gasteiger partial charge in [0.15, 0.2) is 0 Å². The number of benzene rings is 2. The number of amides is 4. The summed E-state index contributed by atoms with van der Waals surface area (Å²) in [5, 5.41) is 8.17. The topological polar surface area (TPSA) is 164 Å². The van der Waals surface area contributed by atoms with E-state index in [1.807, 2.05) is 0 Å². The zero-order valence-electron chi connectivity index (χ0n) is 24.1. The summed E-state index contributed by atoms with van der Waals surface area (Å²) in [5.74, 6) is -0.352. The first-order valence-corrected chi connectivity index (χ1v) is 13.9. The number of fused-ring (bicyclic) bond motifs is 1. The fourth-order valence-corrected chi connectivity index (χ4v) is 4.42. The van der Waals surface area contributed by atoms with Gasteiger partial charge in [-0.15, -0.1) is 0 Å². The first kappa shape index (κ1) is 30.9. The van der Waals surface area contributed by atoms with Gasteiger partial charge in [-0.2, -0.15) is 0 Å². The molecule has 43 heavy (non-hydrogen) atoms. The zero-order valence-corrected chi connectivity index (χ0v) is 24.1. The molecule has 3 aromatic rings. The molecule has 1 aliphatic rings. The molecule has 0 saturated carbocycles. The summed E-state index contributed by atoms with van der Waals surface area (Å²) >= 11 is 0. The van der Waals surface area contributed by atoms with Crippen molar-refractivity contribution in [2.45, 2.75) is 31.3 Å². The van der Waals surface area contributed by atoms with Crippen molar-refractivity contribution in [2.24, 2.45) is 0 Å². The fraction of sp³-hybridized carbons (Fsp3) is 0.367. The third-order valence-corrected chi connectivity index (χ3v) is 6.76. The summed E-state index contributed by atoms with van der Waals surface area (Å²) in [6, 6.07) is 11.6. The van der Waals surface area contributed by atoms with Gasteiger partial charge >= 0.3 is 0 Å². The van der Waals surface area contributed by atoms with Gasteiger partial charge in [0.05, 0.1) is 38.6 Å². The molecule has 4 amide bonds. The van der Waals surface area contributed by atoms with E-state index in [4.69, 9.17) is 14.2 Å². The molecular formula is C30H36N6O7. The molecule has 0 bridgehead atoms. The Balaban J connectivity index is 1.45. The number of carbonyl (C=O) groups is 4. The van der Waals surface area contributed by atoms with Crippen molar-refractivity contribution in [2.75, 3.05) is 40.5 Å². The van der Waals surface area contributed by atoms with Crippen LogP contribution in [0.1, 0.15) is 28.9 Å². The number of carbonyl (C=O) groups excluding carboxylic acids is 4. The Morgan fingerprint density at radius 2 is 1.86 bits per heavy atom. The highest BCUT2D eigenvalue weighted by Crippen LogP contribution is 2.19. The number of hydrogen-bond donors (Lipinski definition) is 4. The van der Waals surface area contributed by atoms with E-state index in [-0.39, 0.29) is 44.0 Å². The molecule has 0 fully saturated rings. The summed E-state index contributed by atoms with van der Waals surface area (Å²) < 4.78 is 16.7. The van der Waals surface area contributed by atoms with Crippen LogP contribution in [-0.2, 0) is 20.8 Å². The smallest absolute Gasteiger partial charge is 0.255 e. The fourth-order valence-electron chi connectivity index (χ4n) is 4.42. The van der Waals surface area contributed by atoms with Gasteiger partial charge in [-0.25, -0.2) is 4.98 Å². The molecule has 228 valence electrons. The van der Waals surface area contributed by atoms with E-state index in [1.165, 1.54) is 11.2 Å². The van der Waals surface area contributed by atoms with Crippen molar-refractivity contribution >= 4 is 23.6 Å². The van der Waals surface area contributed by atoms with E-state index in [0.29, 0.717) is 36.0 Å². The number of aromatic nitrogens is 2. The lowest BCUT2D eigenvalue weighted by Crippen LogP contribution is -2.53. The Labute approximate surface area is 249 Å². The van der Waals surface area contributed by atoms with Gasteiger partial charge in [0.1, 0.15) is 35.9 Å². The molecule has 0 saturated heterocycles. The number of nitrogens with one attached hydrogen (secondary N) is 4. The summed E-state index contributed by atoms with van der Waals surface area (Å²) in [6.45, 7) is 0.908. The molecule has 4 rings (SSSR count). The Hall–Kier alpha value is -5.07. The first-order chi connectivity index (χ1) is 20.8. The Morgan fingerprint density at radius 3 is 2.60 bits per heavy atom. The maximum Gasteiger partial charge on any atom is 0.255 e. The molecule has 4 N–H and O–H groups in total. The van der Waals surface area contributed by atoms with Crippen LogP contribution in [0, 0.1) is 0 Å². The van der Waals surface area contributed by atoms with E-state index in [0.717, 1.165) is 0 Å². The van der Waals surface area contributed by atoms with Crippen molar-refractivity contribution in [3.8, 4) is 17.2 Å². The number of rotatable bonds is 9. The van der Waals surface area contributed by atoms with Crippen molar-refractivity contribution in [3.63, 3.8) is 0 Å². The zero-order chi connectivity index (χ0) is 30.6. The number of nitrogens with zero attached hydrogens (tertiary/aromatic N) is 2. The highest BCUT2D eigenvalue weighted by molar-refractivity contribution is 6.01. The van der Waals surface area contributed by atoms with Gasteiger partial charge < -0.3 is 40.0 Å². The van der Waals surface area contributed by atoms with Gasteiger partial charge in [0, 0.05) is 31.9 Å². The van der Waals surface area contributed by atoms with E-state index in [1.54, 1.807) is 68.9 Å². The minimum absolute atomic E-state index is 0.111. The lowest BCUT2D eigenvalue weighted by molar-refractivity contribution is -0.136. The van der Waals surface area contributed by atoms with Crippen LogP contribution in [0.5, 0.6) is 17.2 Å². The van der Waals surface area contributed by atoms with Crippen LogP contribution in [0.3, 0.4) is 0 Å². The Bertz CT molecular complexity index is 1380. The van der Waals surface area contributed by atoms with E-state index >= 15 is 0 Å². The molecule has 2 aromatic carbocycles. The molecule has 1 aromatic heterocycles. The number of H-pyrrole nitrogens is 1. The minimum Gasteiger partial charge on any atom is -0.497 e. The van der Waals surface area contributed by atoms with E-state index < -0.39 is 29.8 Å². The van der Waals surface area contributed by atoms with Crippen LogP contribution < -0.4 is 30.2 Å². The lowest BCUT2D eigenvalue weighted by Gasteiger charge is -2.26. The molecule has 1 aliphatic heterocycles. The second-order valence-electron chi connectivity index (χ2n) is 9.90. The predicted molar refractivity (Wildman–Crippen MR) is 156 cm³/mol.